The summed E-state index contributed by atoms with van der Waals surface area (Å²) in [5.41, 5.74) is 1.10. The summed E-state index contributed by atoms with van der Waals surface area (Å²) in [6, 6.07) is 9.22. The van der Waals surface area contributed by atoms with Crippen LogP contribution in [0.25, 0.3) is 0 Å². The molecule has 9 heteroatoms. The molecule has 174 valence electrons. The van der Waals surface area contributed by atoms with Crippen molar-refractivity contribution < 1.29 is 28.5 Å². The number of ether oxygens (including phenoxy) is 4. The van der Waals surface area contributed by atoms with E-state index in [4.69, 9.17) is 18.9 Å². The lowest BCUT2D eigenvalue weighted by molar-refractivity contribution is -0.145. The van der Waals surface area contributed by atoms with E-state index in [1.54, 1.807) is 25.6 Å². The molecule has 2 aromatic rings. The molecule has 2 amide bonds. The van der Waals surface area contributed by atoms with Crippen molar-refractivity contribution in [3.8, 4) is 11.5 Å². The molecule has 2 heterocycles. The van der Waals surface area contributed by atoms with Gasteiger partial charge >= 0.3 is 0 Å². The number of amides is 2. The molecule has 0 radical (unpaired) electrons. The third kappa shape index (κ3) is 5.99. The Morgan fingerprint density at radius 1 is 1.16 bits per heavy atom. The Bertz CT molecular complexity index is 902. The zero-order valence-corrected chi connectivity index (χ0v) is 19.6. The second kappa shape index (κ2) is 11.8. The van der Waals surface area contributed by atoms with E-state index in [1.807, 2.05) is 34.5 Å². The SMILES string of the molecule is COCCN(CC(=O)N1CCc2sccc2C1COc1cccc(OC)c1)C(=O)COC. The standard InChI is InChI=1S/C23H30N2O6S/c1-28-11-10-24(23(27)16-29-2)14-22(26)25-9-7-21-19(8-12-32-21)20(25)15-31-18-6-4-5-17(13-18)30-3/h4-6,8,12-13,20H,7,9-11,14-16H2,1-3H3. The fourth-order valence-corrected chi connectivity index (χ4v) is 4.63. The van der Waals surface area contributed by atoms with E-state index < -0.39 is 0 Å². The Kier molecular flexibility index (Phi) is 8.90. The van der Waals surface area contributed by atoms with E-state index >= 15 is 0 Å². The Morgan fingerprint density at radius 2 is 1.97 bits per heavy atom. The zero-order chi connectivity index (χ0) is 22.9. The number of hydrogen-bond acceptors (Lipinski definition) is 7. The van der Waals surface area contributed by atoms with Gasteiger partial charge in [-0.05, 0) is 35.6 Å². The van der Waals surface area contributed by atoms with Gasteiger partial charge in [-0.15, -0.1) is 11.3 Å². The molecule has 3 rings (SSSR count). The van der Waals surface area contributed by atoms with E-state index in [2.05, 4.69) is 6.07 Å². The molecule has 0 N–H and O–H groups in total. The van der Waals surface area contributed by atoms with Crippen molar-refractivity contribution in [2.75, 3.05) is 60.8 Å². The molecule has 0 spiro atoms. The number of carbonyl (C=O) groups excluding carboxylic acids is 2. The first kappa shape index (κ1) is 24.0. The van der Waals surface area contributed by atoms with Gasteiger partial charge in [0.25, 0.3) is 0 Å². The highest BCUT2D eigenvalue weighted by molar-refractivity contribution is 7.10. The molecular formula is C23H30N2O6S. The maximum atomic E-state index is 13.3. The fourth-order valence-electron chi connectivity index (χ4n) is 3.70. The molecule has 0 saturated heterocycles. The molecule has 0 saturated carbocycles. The van der Waals surface area contributed by atoms with Crippen molar-refractivity contribution in [3.63, 3.8) is 0 Å². The lowest BCUT2D eigenvalue weighted by Gasteiger charge is -2.37. The number of benzene rings is 1. The highest BCUT2D eigenvalue weighted by Gasteiger charge is 2.33. The van der Waals surface area contributed by atoms with Gasteiger partial charge in [0.15, 0.2) is 0 Å². The molecule has 1 aromatic heterocycles. The van der Waals surface area contributed by atoms with Gasteiger partial charge in [0.1, 0.15) is 24.7 Å². The molecule has 8 nitrogen and oxygen atoms in total. The van der Waals surface area contributed by atoms with Gasteiger partial charge in [0, 0.05) is 38.3 Å². The summed E-state index contributed by atoms with van der Waals surface area (Å²) in [5.74, 6) is 1.02. The Labute approximate surface area is 192 Å². The van der Waals surface area contributed by atoms with Crippen LogP contribution in [0.3, 0.4) is 0 Å². The number of nitrogens with zero attached hydrogens (tertiary/aromatic N) is 2. The van der Waals surface area contributed by atoms with Crippen molar-refractivity contribution in [1.82, 2.24) is 9.80 Å². The van der Waals surface area contributed by atoms with Gasteiger partial charge in [-0.1, -0.05) is 6.07 Å². The van der Waals surface area contributed by atoms with Gasteiger partial charge in [0.2, 0.25) is 11.8 Å². The molecule has 1 atom stereocenters. The summed E-state index contributed by atoms with van der Waals surface area (Å²) in [6.45, 7) is 1.46. The zero-order valence-electron chi connectivity index (χ0n) is 18.7. The van der Waals surface area contributed by atoms with Crippen LogP contribution in [0.1, 0.15) is 16.5 Å². The molecule has 1 aliphatic heterocycles. The minimum Gasteiger partial charge on any atom is -0.497 e. The summed E-state index contributed by atoms with van der Waals surface area (Å²) in [4.78, 5) is 30.3. The van der Waals surface area contributed by atoms with Crippen LogP contribution in [0, 0.1) is 0 Å². The van der Waals surface area contributed by atoms with Crippen LogP contribution < -0.4 is 9.47 Å². The van der Waals surface area contributed by atoms with Gasteiger partial charge in [0.05, 0.1) is 26.3 Å². The number of rotatable bonds is 11. The van der Waals surface area contributed by atoms with E-state index in [0.29, 0.717) is 37.8 Å². The maximum Gasteiger partial charge on any atom is 0.249 e. The van der Waals surface area contributed by atoms with Gasteiger partial charge in [-0.25, -0.2) is 0 Å². The van der Waals surface area contributed by atoms with Crippen molar-refractivity contribution in [1.29, 1.82) is 0 Å². The van der Waals surface area contributed by atoms with Crippen molar-refractivity contribution >= 4 is 23.2 Å². The minimum absolute atomic E-state index is 0.0271. The predicted molar refractivity (Wildman–Crippen MR) is 121 cm³/mol. The summed E-state index contributed by atoms with van der Waals surface area (Å²) < 4.78 is 21.4. The molecular weight excluding hydrogens is 432 g/mol. The third-order valence-corrected chi connectivity index (χ3v) is 6.37. The second-order valence-corrected chi connectivity index (χ2v) is 8.38. The van der Waals surface area contributed by atoms with Crippen LogP contribution in [-0.4, -0.2) is 82.4 Å². The molecule has 1 aliphatic rings. The molecule has 0 fully saturated rings. The van der Waals surface area contributed by atoms with E-state index in [9.17, 15) is 9.59 Å². The largest absolute Gasteiger partial charge is 0.497 e. The first-order valence-electron chi connectivity index (χ1n) is 10.5. The second-order valence-electron chi connectivity index (χ2n) is 7.38. The lowest BCUT2D eigenvalue weighted by atomic mass is 10.0. The average Bonchev–Trinajstić information content (AvgIpc) is 3.29. The summed E-state index contributed by atoms with van der Waals surface area (Å²) in [7, 11) is 4.64. The fraction of sp³-hybridized carbons (Fsp3) is 0.478. The van der Waals surface area contributed by atoms with E-state index in [1.165, 1.54) is 16.9 Å². The Balaban J connectivity index is 1.75. The molecule has 32 heavy (non-hydrogen) atoms. The average molecular weight is 463 g/mol. The number of hydrogen-bond donors (Lipinski definition) is 0. The third-order valence-electron chi connectivity index (χ3n) is 5.38. The monoisotopic (exact) mass is 462 g/mol. The number of methoxy groups -OCH3 is 3. The highest BCUT2D eigenvalue weighted by atomic mass is 32.1. The molecule has 1 aromatic carbocycles. The Hall–Kier alpha value is -2.62. The van der Waals surface area contributed by atoms with Crippen LogP contribution in [-0.2, 0) is 25.5 Å². The predicted octanol–water partition coefficient (Wildman–Crippen LogP) is 2.38. The van der Waals surface area contributed by atoms with E-state index in [-0.39, 0.29) is 31.0 Å². The molecule has 0 aliphatic carbocycles. The van der Waals surface area contributed by atoms with Gasteiger partial charge in [-0.2, -0.15) is 0 Å². The van der Waals surface area contributed by atoms with Crippen LogP contribution in [0.15, 0.2) is 35.7 Å². The summed E-state index contributed by atoms with van der Waals surface area (Å²) in [6.07, 6.45) is 0.790. The van der Waals surface area contributed by atoms with E-state index in [0.717, 1.165) is 12.0 Å². The maximum absolute atomic E-state index is 13.3. The first-order valence-corrected chi connectivity index (χ1v) is 11.3. The van der Waals surface area contributed by atoms with Gasteiger partial charge < -0.3 is 28.7 Å². The quantitative estimate of drug-likeness (QED) is 0.510. The lowest BCUT2D eigenvalue weighted by Crippen LogP contribution is -2.49. The van der Waals surface area contributed by atoms with Crippen LogP contribution in [0.2, 0.25) is 0 Å². The smallest absolute Gasteiger partial charge is 0.249 e. The molecule has 0 bridgehead atoms. The van der Waals surface area contributed by atoms with Crippen molar-refractivity contribution in [2.45, 2.75) is 12.5 Å². The summed E-state index contributed by atoms with van der Waals surface area (Å²) >= 11 is 1.70. The summed E-state index contributed by atoms with van der Waals surface area (Å²) in [5, 5.41) is 2.05. The van der Waals surface area contributed by atoms with Crippen LogP contribution >= 0.6 is 11.3 Å². The Morgan fingerprint density at radius 3 is 2.72 bits per heavy atom. The highest BCUT2D eigenvalue weighted by Crippen LogP contribution is 2.34. The number of carbonyl (C=O) groups is 2. The van der Waals surface area contributed by atoms with Crippen molar-refractivity contribution in [3.05, 3.63) is 46.2 Å². The van der Waals surface area contributed by atoms with Gasteiger partial charge in [-0.3, -0.25) is 9.59 Å². The topological polar surface area (TPSA) is 77.5 Å². The van der Waals surface area contributed by atoms with Crippen LogP contribution in [0.5, 0.6) is 11.5 Å². The minimum atomic E-state index is -0.240. The first-order chi connectivity index (χ1) is 15.6. The number of thiophene rings is 1. The molecule has 1 unspecified atom stereocenters. The van der Waals surface area contributed by atoms with Crippen molar-refractivity contribution in [2.24, 2.45) is 0 Å². The number of fused-ring (bicyclic) bond motifs is 1. The van der Waals surface area contributed by atoms with Crippen LogP contribution in [0.4, 0.5) is 0 Å². The normalized spacial score (nSPS) is 15.2.